The smallest absolute Gasteiger partial charge is 0.462 e. The molecule has 73 heavy (non-hydrogen) atoms. The number of phosphoric acid groups is 1. The van der Waals surface area contributed by atoms with E-state index < -0.39 is 26.5 Å². The first kappa shape index (κ1) is 71.0. The first-order valence-electron chi connectivity index (χ1n) is 30.9. The summed E-state index contributed by atoms with van der Waals surface area (Å²) in [5, 5.41) is 0. The lowest BCUT2D eigenvalue weighted by Crippen LogP contribution is -2.37. The maximum absolute atomic E-state index is 12.8. The van der Waals surface area contributed by atoms with E-state index in [-0.39, 0.29) is 25.6 Å². The number of carbonyl (C=O) groups excluding carboxylic acids is 2. The van der Waals surface area contributed by atoms with Crippen LogP contribution in [-0.2, 0) is 32.7 Å². The molecule has 0 fully saturated rings. The lowest BCUT2D eigenvalue weighted by atomic mass is 10.0. The summed E-state index contributed by atoms with van der Waals surface area (Å²) < 4.78 is 34.6. The molecule has 0 spiro atoms. The molecule has 2 unspecified atom stereocenters. The Morgan fingerprint density at radius 3 is 1.16 bits per heavy atom. The highest BCUT2D eigenvalue weighted by Crippen LogP contribution is 2.43. The Balaban J connectivity index is 4.09. The third kappa shape index (κ3) is 59.1. The van der Waals surface area contributed by atoms with Gasteiger partial charge in [0.15, 0.2) is 6.10 Å². The molecule has 0 rings (SSSR count). The minimum absolute atomic E-state index is 0.0330. The van der Waals surface area contributed by atoms with Crippen molar-refractivity contribution in [2.24, 2.45) is 0 Å². The van der Waals surface area contributed by atoms with Crippen LogP contribution in [0.1, 0.15) is 290 Å². The van der Waals surface area contributed by atoms with Gasteiger partial charge in [-0.25, -0.2) is 4.57 Å². The zero-order valence-corrected chi connectivity index (χ0v) is 49.5. The van der Waals surface area contributed by atoms with Crippen LogP contribution in [0.4, 0.5) is 0 Å². The molecule has 0 saturated carbocycles. The van der Waals surface area contributed by atoms with Crippen molar-refractivity contribution in [2.75, 3.05) is 47.5 Å². The van der Waals surface area contributed by atoms with Crippen molar-refractivity contribution in [3.63, 3.8) is 0 Å². The number of hydrogen-bond acceptors (Lipinski definition) is 7. The lowest BCUT2D eigenvalue weighted by Gasteiger charge is -2.24. The fraction of sp³-hybridized carbons (Fsp3) is 0.841. The van der Waals surface area contributed by atoms with Gasteiger partial charge in [0.2, 0.25) is 0 Å². The third-order valence-corrected chi connectivity index (χ3v) is 14.6. The summed E-state index contributed by atoms with van der Waals surface area (Å²) >= 11 is 0. The van der Waals surface area contributed by atoms with Gasteiger partial charge in [-0.05, 0) is 51.4 Å². The second kappa shape index (κ2) is 54.7. The number of likely N-dealkylation sites (N-methyl/N-ethyl adjacent to an activating group) is 1. The fourth-order valence-electron chi connectivity index (χ4n) is 8.89. The topological polar surface area (TPSA) is 108 Å². The average Bonchev–Trinajstić information content (AvgIpc) is 3.35. The zero-order valence-electron chi connectivity index (χ0n) is 48.6. The predicted molar refractivity (Wildman–Crippen MR) is 312 cm³/mol. The fourth-order valence-corrected chi connectivity index (χ4v) is 9.63. The van der Waals surface area contributed by atoms with Crippen molar-refractivity contribution < 1.29 is 42.1 Å². The predicted octanol–water partition coefficient (Wildman–Crippen LogP) is 19.3. The standard InChI is InChI=1S/C63H118NO8P/c1-6-8-10-12-14-16-18-20-22-24-26-28-30-31-32-33-34-36-38-40-42-44-46-48-50-52-54-56-63(66)72-61(60-71-73(67,68)70-58-57-64(3,4)5)59-69-62(65)55-53-51-49-47-45-43-41-39-37-35-29-27-25-23-21-19-17-15-13-11-9-7-2/h8,10,14,16,20,22,26,28,61H,6-7,9,11-13,15,17-19,21,23-25,27,29-60H2,1-5H3/p+1/b10-8-,16-14-,22-20-,28-26-. The molecule has 9 nitrogen and oxygen atoms in total. The summed E-state index contributed by atoms with van der Waals surface area (Å²) in [7, 11) is 1.49. The number of esters is 2. The van der Waals surface area contributed by atoms with Crippen molar-refractivity contribution in [3.05, 3.63) is 48.6 Å². The summed E-state index contributed by atoms with van der Waals surface area (Å²) in [6.45, 7) is 4.37. The highest BCUT2D eigenvalue weighted by Gasteiger charge is 2.27. The Morgan fingerprint density at radius 1 is 0.438 bits per heavy atom. The van der Waals surface area contributed by atoms with E-state index in [2.05, 4.69) is 62.5 Å². The summed E-state index contributed by atoms with van der Waals surface area (Å²) in [5.74, 6) is -0.783. The molecule has 10 heteroatoms. The van der Waals surface area contributed by atoms with E-state index in [4.69, 9.17) is 18.5 Å². The highest BCUT2D eigenvalue weighted by atomic mass is 31.2. The van der Waals surface area contributed by atoms with Gasteiger partial charge in [0, 0.05) is 12.8 Å². The molecule has 0 saturated heterocycles. The van der Waals surface area contributed by atoms with E-state index in [1.54, 1.807) is 0 Å². The molecule has 428 valence electrons. The quantitative estimate of drug-likeness (QED) is 0.0211. The Kier molecular flexibility index (Phi) is 53.2. The molecule has 0 aromatic rings. The van der Waals surface area contributed by atoms with Crippen LogP contribution < -0.4 is 0 Å². The van der Waals surface area contributed by atoms with Crippen LogP contribution in [0.25, 0.3) is 0 Å². The number of quaternary nitrogens is 1. The molecule has 0 radical (unpaired) electrons. The molecule has 0 heterocycles. The monoisotopic (exact) mass is 1050 g/mol. The van der Waals surface area contributed by atoms with Gasteiger partial charge in [0.05, 0.1) is 27.7 Å². The Labute approximate surface area is 452 Å². The number of hydrogen-bond donors (Lipinski definition) is 1. The number of unbranched alkanes of at least 4 members (excludes halogenated alkanes) is 35. The van der Waals surface area contributed by atoms with Gasteiger partial charge in [0.25, 0.3) is 0 Å². The van der Waals surface area contributed by atoms with Crippen LogP contribution >= 0.6 is 7.82 Å². The van der Waals surface area contributed by atoms with Crippen molar-refractivity contribution >= 4 is 19.8 Å². The number of nitrogens with zero attached hydrogens (tertiary/aromatic N) is 1. The van der Waals surface area contributed by atoms with Crippen molar-refractivity contribution in [1.29, 1.82) is 0 Å². The van der Waals surface area contributed by atoms with Gasteiger partial charge in [-0.3, -0.25) is 18.6 Å². The van der Waals surface area contributed by atoms with Gasteiger partial charge in [-0.15, -0.1) is 0 Å². The third-order valence-electron chi connectivity index (χ3n) is 13.6. The maximum atomic E-state index is 12.8. The molecule has 0 amide bonds. The molecule has 0 bridgehead atoms. The second-order valence-electron chi connectivity index (χ2n) is 22.1. The molecule has 0 aromatic carbocycles. The first-order chi connectivity index (χ1) is 35.5. The largest absolute Gasteiger partial charge is 0.472 e. The number of allylic oxidation sites excluding steroid dienone is 8. The Hall–Kier alpha value is -2.03. The average molecular weight is 1050 g/mol. The van der Waals surface area contributed by atoms with E-state index >= 15 is 0 Å². The summed E-state index contributed by atoms with van der Waals surface area (Å²) in [4.78, 5) is 35.8. The molecular formula is C63H119NO8P+. The number of ether oxygens (including phenoxy) is 2. The second-order valence-corrected chi connectivity index (χ2v) is 23.5. The van der Waals surface area contributed by atoms with Crippen LogP contribution in [0, 0.1) is 0 Å². The van der Waals surface area contributed by atoms with Crippen molar-refractivity contribution in [3.8, 4) is 0 Å². The normalized spacial score (nSPS) is 13.6. The summed E-state index contributed by atoms with van der Waals surface area (Å²) in [6, 6.07) is 0. The van der Waals surface area contributed by atoms with E-state index in [1.807, 2.05) is 21.1 Å². The Morgan fingerprint density at radius 2 is 0.781 bits per heavy atom. The molecule has 1 N–H and O–H groups in total. The van der Waals surface area contributed by atoms with Crippen LogP contribution in [0.2, 0.25) is 0 Å². The van der Waals surface area contributed by atoms with Crippen molar-refractivity contribution in [1.82, 2.24) is 0 Å². The minimum atomic E-state index is -4.39. The van der Waals surface area contributed by atoms with Gasteiger partial charge < -0.3 is 18.9 Å². The number of carbonyl (C=O) groups is 2. The van der Waals surface area contributed by atoms with E-state index in [0.29, 0.717) is 23.9 Å². The van der Waals surface area contributed by atoms with E-state index in [1.165, 1.54) is 199 Å². The van der Waals surface area contributed by atoms with Gasteiger partial charge in [-0.1, -0.05) is 274 Å². The number of rotatable bonds is 57. The van der Waals surface area contributed by atoms with E-state index in [0.717, 1.165) is 57.8 Å². The SMILES string of the molecule is CC/C=C\C/C=C\C/C=C\C/C=C\CCCCCCCCCCCCCCCCC(=O)OC(COC(=O)CCCCCCCCCCCCCCCCCCCCCCCC)COP(=O)(O)OCC[N+](C)(C)C. The molecule has 0 aliphatic rings. The van der Waals surface area contributed by atoms with Crippen LogP contribution in [0.15, 0.2) is 48.6 Å². The summed E-state index contributed by atoms with van der Waals surface area (Å²) in [5.41, 5.74) is 0. The molecule has 2 atom stereocenters. The lowest BCUT2D eigenvalue weighted by molar-refractivity contribution is -0.870. The number of phosphoric ester groups is 1. The van der Waals surface area contributed by atoms with E-state index in [9.17, 15) is 19.0 Å². The maximum Gasteiger partial charge on any atom is 0.472 e. The molecule has 0 aliphatic heterocycles. The van der Waals surface area contributed by atoms with Crippen LogP contribution in [0.3, 0.4) is 0 Å². The molecule has 0 aromatic heterocycles. The van der Waals surface area contributed by atoms with Crippen LogP contribution in [0.5, 0.6) is 0 Å². The van der Waals surface area contributed by atoms with Gasteiger partial charge >= 0.3 is 19.8 Å². The van der Waals surface area contributed by atoms with Gasteiger partial charge in [-0.2, -0.15) is 0 Å². The first-order valence-corrected chi connectivity index (χ1v) is 32.4. The van der Waals surface area contributed by atoms with Gasteiger partial charge in [0.1, 0.15) is 19.8 Å². The highest BCUT2D eigenvalue weighted by molar-refractivity contribution is 7.47. The van der Waals surface area contributed by atoms with Crippen LogP contribution in [-0.4, -0.2) is 74.9 Å². The molecule has 0 aliphatic carbocycles. The molecular weight excluding hydrogens is 930 g/mol. The Bertz CT molecular complexity index is 1370. The minimum Gasteiger partial charge on any atom is -0.462 e. The zero-order chi connectivity index (χ0) is 53.5. The van der Waals surface area contributed by atoms with Crippen molar-refractivity contribution in [2.45, 2.75) is 296 Å². The summed E-state index contributed by atoms with van der Waals surface area (Å²) in [6.07, 6.45) is 69.0.